The van der Waals surface area contributed by atoms with Gasteiger partial charge in [-0.3, -0.25) is 14.7 Å². The van der Waals surface area contributed by atoms with Gasteiger partial charge in [-0.05, 0) is 76.8 Å². The highest BCUT2D eigenvalue weighted by atomic mass is 16.6. The monoisotopic (exact) mass is 476 g/mol. The summed E-state index contributed by atoms with van der Waals surface area (Å²) in [7, 11) is 1.63. The van der Waals surface area contributed by atoms with Crippen LogP contribution in [0.3, 0.4) is 0 Å². The van der Waals surface area contributed by atoms with Gasteiger partial charge in [-0.15, -0.1) is 0 Å². The van der Waals surface area contributed by atoms with Crippen molar-refractivity contribution in [1.29, 1.82) is 0 Å². The van der Waals surface area contributed by atoms with E-state index in [2.05, 4.69) is 15.4 Å². The number of hydrogen-bond acceptors (Lipinski definition) is 7. The first kappa shape index (κ1) is 23.3. The molecule has 0 radical (unpaired) electrons. The van der Waals surface area contributed by atoms with Gasteiger partial charge in [0.2, 0.25) is 0 Å². The van der Waals surface area contributed by atoms with Gasteiger partial charge in [0.15, 0.2) is 11.4 Å². The number of carbonyl (C=O) groups excluding carboxylic acids is 2. The molecule has 2 aliphatic rings. The van der Waals surface area contributed by atoms with Crippen molar-refractivity contribution in [1.82, 2.24) is 19.6 Å². The van der Waals surface area contributed by atoms with Crippen LogP contribution in [-0.4, -0.2) is 44.1 Å². The SMILES string of the molecule is CN(C(=O)OC(C)(C)C)c1cc(Nc2cccnc2CC2CC2)nc2c(C(=O)CC3CC3)cnn12. The van der Waals surface area contributed by atoms with Gasteiger partial charge >= 0.3 is 6.09 Å². The maximum absolute atomic E-state index is 13.0. The Morgan fingerprint density at radius 2 is 1.94 bits per heavy atom. The Bertz CT molecular complexity index is 1270. The van der Waals surface area contributed by atoms with Crippen LogP contribution < -0.4 is 10.2 Å². The van der Waals surface area contributed by atoms with Crippen molar-refractivity contribution < 1.29 is 14.3 Å². The van der Waals surface area contributed by atoms with Crippen LogP contribution in [0.2, 0.25) is 0 Å². The van der Waals surface area contributed by atoms with Crippen molar-refractivity contribution in [2.24, 2.45) is 11.8 Å². The molecular weight excluding hydrogens is 444 g/mol. The summed E-state index contributed by atoms with van der Waals surface area (Å²) in [6.45, 7) is 5.46. The number of Topliss-reactive ketones (excluding diaryl/α,β-unsaturated/α-hetero) is 1. The molecule has 0 spiro atoms. The molecule has 35 heavy (non-hydrogen) atoms. The van der Waals surface area contributed by atoms with Crippen LogP contribution in [0.5, 0.6) is 0 Å². The van der Waals surface area contributed by atoms with E-state index in [-0.39, 0.29) is 5.78 Å². The highest BCUT2D eigenvalue weighted by Crippen LogP contribution is 2.36. The van der Waals surface area contributed by atoms with Crippen LogP contribution in [0.4, 0.5) is 22.1 Å². The third-order valence-electron chi connectivity index (χ3n) is 6.27. The minimum Gasteiger partial charge on any atom is -0.443 e. The van der Waals surface area contributed by atoms with E-state index in [0.717, 1.165) is 30.6 Å². The first-order valence-electron chi connectivity index (χ1n) is 12.3. The molecule has 0 atom stereocenters. The van der Waals surface area contributed by atoms with Gasteiger partial charge in [-0.1, -0.05) is 0 Å². The number of fused-ring (bicyclic) bond motifs is 1. The summed E-state index contributed by atoms with van der Waals surface area (Å²) in [4.78, 5) is 36.6. The van der Waals surface area contributed by atoms with Crippen LogP contribution >= 0.6 is 0 Å². The van der Waals surface area contributed by atoms with Crippen molar-refractivity contribution in [2.45, 2.75) is 64.9 Å². The van der Waals surface area contributed by atoms with Crippen molar-refractivity contribution in [2.75, 3.05) is 17.3 Å². The van der Waals surface area contributed by atoms with Gasteiger partial charge in [0.1, 0.15) is 17.2 Å². The summed E-state index contributed by atoms with van der Waals surface area (Å²) in [5, 5.41) is 7.81. The molecule has 0 bridgehead atoms. The van der Waals surface area contributed by atoms with E-state index in [0.29, 0.717) is 41.1 Å². The van der Waals surface area contributed by atoms with E-state index < -0.39 is 11.7 Å². The molecule has 1 amide bonds. The number of anilines is 3. The highest BCUT2D eigenvalue weighted by molar-refractivity contribution is 6.02. The van der Waals surface area contributed by atoms with Crippen LogP contribution in [0, 0.1) is 11.8 Å². The fourth-order valence-corrected chi connectivity index (χ4v) is 4.01. The molecule has 0 unspecified atom stereocenters. The van der Waals surface area contributed by atoms with Crippen LogP contribution in [0.1, 0.15) is 68.9 Å². The predicted molar refractivity (Wildman–Crippen MR) is 133 cm³/mol. The second kappa shape index (κ2) is 8.94. The van der Waals surface area contributed by atoms with Crippen LogP contribution in [0.25, 0.3) is 5.65 Å². The average Bonchev–Trinajstić information content (AvgIpc) is 3.73. The number of aromatic nitrogens is 4. The molecule has 0 saturated heterocycles. The molecule has 3 heterocycles. The quantitative estimate of drug-likeness (QED) is 0.447. The van der Waals surface area contributed by atoms with Gasteiger partial charge in [0.05, 0.1) is 23.1 Å². The molecule has 2 aliphatic carbocycles. The maximum atomic E-state index is 13.0. The number of rotatable bonds is 8. The second-order valence-corrected chi connectivity index (χ2v) is 10.7. The van der Waals surface area contributed by atoms with Crippen molar-refractivity contribution in [3.8, 4) is 0 Å². The van der Waals surface area contributed by atoms with Gasteiger partial charge < -0.3 is 10.1 Å². The molecule has 9 nitrogen and oxygen atoms in total. The molecule has 5 rings (SSSR count). The Kier molecular flexibility index (Phi) is 5.94. The third-order valence-corrected chi connectivity index (χ3v) is 6.27. The summed E-state index contributed by atoms with van der Waals surface area (Å²) < 4.78 is 7.11. The number of hydrogen-bond donors (Lipinski definition) is 1. The molecule has 3 aromatic rings. The lowest BCUT2D eigenvalue weighted by Crippen LogP contribution is -2.35. The third kappa shape index (κ3) is 5.44. The summed E-state index contributed by atoms with van der Waals surface area (Å²) in [5.74, 6) is 2.10. The van der Waals surface area contributed by atoms with Crippen molar-refractivity contribution in [3.05, 3.63) is 41.9 Å². The smallest absolute Gasteiger partial charge is 0.415 e. The van der Waals surface area contributed by atoms with E-state index in [4.69, 9.17) is 9.72 Å². The lowest BCUT2D eigenvalue weighted by molar-refractivity contribution is 0.0587. The maximum Gasteiger partial charge on any atom is 0.415 e. The van der Waals surface area contributed by atoms with Gasteiger partial charge in [0.25, 0.3) is 0 Å². The van der Waals surface area contributed by atoms with E-state index in [1.165, 1.54) is 22.3 Å². The number of ether oxygens (including phenoxy) is 1. The average molecular weight is 477 g/mol. The summed E-state index contributed by atoms with van der Waals surface area (Å²) >= 11 is 0. The number of ketones is 1. The first-order chi connectivity index (χ1) is 16.7. The molecule has 3 aromatic heterocycles. The topological polar surface area (TPSA) is 102 Å². The Morgan fingerprint density at radius 3 is 2.63 bits per heavy atom. The van der Waals surface area contributed by atoms with Crippen LogP contribution in [0.15, 0.2) is 30.6 Å². The number of amides is 1. The standard InChI is InChI=1S/C26H32N6O3/c1-26(2,3)35-25(34)31(4)23-14-22(29-19-6-5-11-27-20(19)12-16-7-8-16)30-24-18(15-28-32(23)24)21(33)13-17-9-10-17/h5-6,11,14-17H,7-10,12-13H2,1-4H3,(H,29,30). The van der Waals surface area contributed by atoms with E-state index >= 15 is 0 Å². The van der Waals surface area contributed by atoms with Crippen LogP contribution in [-0.2, 0) is 11.2 Å². The largest absolute Gasteiger partial charge is 0.443 e. The van der Waals surface area contributed by atoms with Gasteiger partial charge in [0, 0.05) is 25.7 Å². The normalized spacial score (nSPS) is 15.8. The van der Waals surface area contributed by atoms with Gasteiger partial charge in [-0.25, -0.2) is 9.78 Å². The minimum atomic E-state index is -0.651. The predicted octanol–water partition coefficient (Wildman–Crippen LogP) is 5.17. The lowest BCUT2D eigenvalue weighted by atomic mass is 10.1. The van der Waals surface area contributed by atoms with Crippen molar-refractivity contribution in [3.63, 3.8) is 0 Å². The number of nitrogens with one attached hydrogen (secondary N) is 1. The number of nitrogens with zero attached hydrogens (tertiary/aromatic N) is 5. The zero-order valence-corrected chi connectivity index (χ0v) is 20.7. The minimum absolute atomic E-state index is 0.0221. The molecule has 1 N–H and O–H groups in total. The Morgan fingerprint density at radius 1 is 1.20 bits per heavy atom. The molecular formula is C26H32N6O3. The molecule has 2 saturated carbocycles. The summed E-state index contributed by atoms with van der Waals surface area (Å²) in [6.07, 6.45) is 8.86. The fraction of sp³-hybridized carbons (Fsp3) is 0.500. The zero-order chi connectivity index (χ0) is 24.7. The molecule has 0 aromatic carbocycles. The second-order valence-electron chi connectivity index (χ2n) is 10.7. The van der Waals surface area contributed by atoms with Gasteiger partial charge in [-0.2, -0.15) is 9.61 Å². The van der Waals surface area contributed by atoms with E-state index in [1.807, 2.05) is 32.9 Å². The fourth-order valence-electron chi connectivity index (χ4n) is 4.01. The number of pyridine rings is 1. The highest BCUT2D eigenvalue weighted by Gasteiger charge is 2.29. The molecule has 2 fully saturated rings. The molecule has 9 heteroatoms. The first-order valence-corrected chi connectivity index (χ1v) is 12.3. The molecule has 0 aliphatic heterocycles. The molecule has 184 valence electrons. The Balaban J connectivity index is 1.54. The lowest BCUT2D eigenvalue weighted by Gasteiger charge is -2.25. The zero-order valence-electron chi connectivity index (χ0n) is 20.7. The number of carbonyl (C=O) groups is 2. The summed E-state index contributed by atoms with van der Waals surface area (Å²) in [6, 6.07) is 5.60. The van der Waals surface area contributed by atoms with Crippen molar-refractivity contribution >= 4 is 34.8 Å². The Hall–Kier alpha value is -3.49. The summed E-state index contributed by atoms with van der Waals surface area (Å²) in [5.41, 5.74) is 2.08. The van der Waals surface area contributed by atoms with E-state index in [9.17, 15) is 9.59 Å². The Labute approximate surface area is 204 Å². The van der Waals surface area contributed by atoms with E-state index in [1.54, 1.807) is 25.5 Å².